The highest BCUT2D eigenvalue weighted by molar-refractivity contribution is 6.30. The number of hydrogen-bond acceptors (Lipinski definition) is 4. The number of nitrogens with zero attached hydrogens (tertiary/aromatic N) is 3. The zero-order valence-corrected chi connectivity index (χ0v) is 16.2. The lowest BCUT2D eigenvalue weighted by Crippen LogP contribution is -1.91. The van der Waals surface area contributed by atoms with Crippen LogP contribution in [0.3, 0.4) is 0 Å². The Bertz CT molecular complexity index is 2010. The second kappa shape index (κ2) is 5.21. The normalized spacial score (nSPS) is 12.5. The lowest BCUT2D eigenvalue weighted by molar-refractivity contribution is 0.664. The maximum Gasteiger partial charge on any atom is 0.145 e. The number of fused-ring (bicyclic) bond motifs is 14. The molecule has 0 fully saturated rings. The smallest absolute Gasteiger partial charge is 0.145 e. The summed E-state index contributed by atoms with van der Waals surface area (Å²) in [5.41, 5.74) is 5.43. The van der Waals surface area contributed by atoms with Gasteiger partial charge in [-0.25, -0.2) is 4.98 Å². The Balaban J connectivity index is 1.70. The van der Waals surface area contributed by atoms with Crippen molar-refractivity contribution in [1.82, 2.24) is 14.4 Å². The molecule has 0 aliphatic heterocycles. The molecule has 3 aromatic carbocycles. The van der Waals surface area contributed by atoms with Crippen LogP contribution in [0.15, 0.2) is 88.2 Å². The van der Waals surface area contributed by atoms with Gasteiger partial charge in [-0.05, 0) is 36.4 Å². The van der Waals surface area contributed by atoms with Gasteiger partial charge in [0, 0.05) is 57.1 Å². The van der Waals surface area contributed by atoms with Gasteiger partial charge in [-0.1, -0.05) is 18.2 Å². The number of aromatic nitrogens is 3. The molecule has 0 aliphatic carbocycles. The van der Waals surface area contributed by atoms with E-state index >= 15 is 0 Å². The Labute approximate surface area is 174 Å². The highest BCUT2D eigenvalue weighted by atomic mass is 16.3. The summed E-state index contributed by atoms with van der Waals surface area (Å²) in [6, 6.07) is 18.5. The quantitative estimate of drug-likeness (QED) is 0.262. The van der Waals surface area contributed by atoms with Crippen LogP contribution in [-0.2, 0) is 0 Å². The molecule has 0 N–H and O–H groups in total. The number of benzene rings is 3. The molecule has 0 spiro atoms. The van der Waals surface area contributed by atoms with Gasteiger partial charge in [0.1, 0.15) is 28.0 Å². The first-order valence-corrected chi connectivity index (χ1v) is 10.2. The second-order valence-electron chi connectivity index (χ2n) is 7.89. The average molecular weight is 399 g/mol. The first-order chi connectivity index (χ1) is 15.4. The van der Waals surface area contributed by atoms with Crippen LogP contribution in [0.25, 0.3) is 71.2 Å². The molecular formula is C26H13N3O2. The van der Waals surface area contributed by atoms with Crippen LogP contribution >= 0.6 is 0 Å². The summed E-state index contributed by atoms with van der Waals surface area (Å²) < 4.78 is 14.8. The van der Waals surface area contributed by atoms with Crippen molar-refractivity contribution in [2.45, 2.75) is 0 Å². The highest BCUT2D eigenvalue weighted by Gasteiger charge is 2.20. The van der Waals surface area contributed by atoms with E-state index in [-0.39, 0.29) is 0 Å². The number of imidazole rings is 1. The lowest BCUT2D eigenvalue weighted by Gasteiger charge is -2.08. The van der Waals surface area contributed by atoms with Gasteiger partial charge in [0.15, 0.2) is 0 Å². The Morgan fingerprint density at radius 1 is 0.645 bits per heavy atom. The van der Waals surface area contributed by atoms with E-state index in [2.05, 4.69) is 32.6 Å². The fraction of sp³-hybridized carbons (Fsp3) is 0. The van der Waals surface area contributed by atoms with Crippen molar-refractivity contribution >= 4 is 71.2 Å². The standard InChI is InChI=1S/C26H13N3O2/c1-2-4-19-15(3-1)23-20(30-19)7-8-21-24(23)16-5-6-18-22(25(16)31-21)17-13-27-10-9-14(17)26-28-11-12-29(18)26/h1-13H. The zero-order valence-electron chi connectivity index (χ0n) is 16.2. The maximum absolute atomic E-state index is 6.52. The van der Waals surface area contributed by atoms with Crippen molar-refractivity contribution in [2.75, 3.05) is 0 Å². The minimum Gasteiger partial charge on any atom is -0.456 e. The van der Waals surface area contributed by atoms with Crippen molar-refractivity contribution in [3.05, 3.63) is 79.4 Å². The van der Waals surface area contributed by atoms with Crippen molar-refractivity contribution in [1.29, 1.82) is 0 Å². The molecule has 0 radical (unpaired) electrons. The topological polar surface area (TPSA) is 56.5 Å². The molecule has 0 unspecified atom stereocenters. The average Bonchev–Trinajstić information content (AvgIpc) is 3.53. The summed E-state index contributed by atoms with van der Waals surface area (Å²) in [7, 11) is 0. The Morgan fingerprint density at radius 3 is 2.48 bits per heavy atom. The molecule has 0 saturated carbocycles. The fourth-order valence-corrected chi connectivity index (χ4v) is 5.08. The van der Waals surface area contributed by atoms with Crippen molar-refractivity contribution in [2.24, 2.45) is 0 Å². The molecule has 5 heteroatoms. The van der Waals surface area contributed by atoms with E-state index < -0.39 is 0 Å². The minimum absolute atomic E-state index is 0.851. The molecule has 144 valence electrons. The summed E-state index contributed by atoms with van der Waals surface area (Å²) in [6.07, 6.45) is 7.54. The molecule has 0 saturated heterocycles. The van der Waals surface area contributed by atoms with E-state index in [9.17, 15) is 0 Å². The number of para-hydroxylation sites is 1. The summed E-state index contributed by atoms with van der Waals surface area (Å²) in [5, 5.41) is 7.49. The monoisotopic (exact) mass is 399 g/mol. The molecule has 0 bridgehead atoms. The van der Waals surface area contributed by atoms with Crippen LogP contribution in [0.4, 0.5) is 0 Å². The van der Waals surface area contributed by atoms with Gasteiger partial charge >= 0.3 is 0 Å². The third kappa shape index (κ3) is 1.78. The van der Waals surface area contributed by atoms with E-state index in [1.54, 1.807) is 0 Å². The number of hydrogen-bond donors (Lipinski definition) is 0. The van der Waals surface area contributed by atoms with E-state index in [1.165, 1.54) is 0 Å². The molecule has 0 aliphatic rings. The maximum atomic E-state index is 6.52. The summed E-state index contributed by atoms with van der Waals surface area (Å²) >= 11 is 0. The summed E-state index contributed by atoms with van der Waals surface area (Å²) in [6.45, 7) is 0. The molecule has 0 atom stereocenters. The van der Waals surface area contributed by atoms with Crippen LogP contribution in [-0.4, -0.2) is 14.4 Å². The van der Waals surface area contributed by atoms with E-state index in [0.717, 1.165) is 71.2 Å². The van der Waals surface area contributed by atoms with Crippen LogP contribution in [0.5, 0.6) is 0 Å². The minimum atomic E-state index is 0.851. The molecule has 8 rings (SSSR count). The molecule has 5 aromatic heterocycles. The van der Waals surface area contributed by atoms with Gasteiger partial charge in [0.2, 0.25) is 0 Å². The Hall–Kier alpha value is -4.38. The van der Waals surface area contributed by atoms with Crippen molar-refractivity contribution in [3.63, 3.8) is 0 Å². The largest absolute Gasteiger partial charge is 0.456 e. The number of furan rings is 2. The van der Waals surface area contributed by atoms with Gasteiger partial charge in [-0.15, -0.1) is 0 Å². The molecular weight excluding hydrogens is 386 g/mol. The van der Waals surface area contributed by atoms with Crippen molar-refractivity contribution < 1.29 is 8.83 Å². The highest BCUT2D eigenvalue weighted by Crippen LogP contribution is 2.43. The van der Waals surface area contributed by atoms with Crippen molar-refractivity contribution in [3.8, 4) is 0 Å². The van der Waals surface area contributed by atoms with Crippen LogP contribution in [0, 0.1) is 0 Å². The van der Waals surface area contributed by atoms with E-state index in [0.29, 0.717) is 0 Å². The predicted octanol–water partition coefficient (Wildman–Crippen LogP) is 6.83. The zero-order chi connectivity index (χ0) is 20.1. The molecule has 0 amide bonds. The number of rotatable bonds is 0. The van der Waals surface area contributed by atoms with E-state index in [1.807, 2.05) is 61.2 Å². The third-order valence-electron chi connectivity index (χ3n) is 6.35. The Kier molecular flexibility index (Phi) is 2.60. The molecule has 5 heterocycles. The predicted molar refractivity (Wildman–Crippen MR) is 123 cm³/mol. The van der Waals surface area contributed by atoms with Gasteiger partial charge in [-0.3, -0.25) is 9.38 Å². The summed E-state index contributed by atoms with van der Waals surface area (Å²) in [5.74, 6) is 0. The molecule has 8 aromatic rings. The van der Waals surface area contributed by atoms with Gasteiger partial charge in [0.05, 0.1) is 10.9 Å². The SMILES string of the molecule is c1ccc2c(c1)oc1ccc3oc4c(ccc5c4c4cnccc4c4nccn54)c3c12. The first kappa shape index (κ1) is 15.5. The molecule has 5 nitrogen and oxygen atoms in total. The van der Waals surface area contributed by atoms with Crippen LogP contribution in [0.1, 0.15) is 0 Å². The fourth-order valence-electron chi connectivity index (χ4n) is 5.08. The Morgan fingerprint density at radius 2 is 1.52 bits per heavy atom. The summed E-state index contributed by atoms with van der Waals surface area (Å²) in [4.78, 5) is 8.98. The molecule has 31 heavy (non-hydrogen) atoms. The van der Waals surface area contributed by atoms with Gasteiger partial charge in [-0.2, -0.15) is 0 Å². The third-order valence-corrected chi connectivity index (χ3v) is 6.35. The van der Waals surface area contributed by atoms with Crippen LogP contribution in [0.2, 0.25) is 0 Å². The first-order valence-electron chi connectivity index (χ1n) is 10.2. The van der Waals surface area contributed by atoms with Gasteiger partial charge < -0.3 is 8.83 Å². The number of pyridine rings is 2. The van der Waals surface area contributed by atoms with Crippen LogP contribution < -0.4 is 0 Å². The lowest BCUT2D eigenvalue weighted by atomic mass is 10.0. The van der Waals surface area contributed by atoms with Gasteiger partial charge in [0.25, 0.3) is 0 Å². The van der Waals surface area contributed by atoms with E-state index in [4.69, 9.17) is 8.83 Å². The second-order valence-corrected chi connectivity index (χ2v) is 7.89.